The third-order valence-electron chi connectivity index (χ3n) is 1.55. The molecule has 0 N–H and O–H groups in total. The number of benzene rings is 1. The van der Waals surface area contributed by atoms with Gasteiger partial charge in [-0.1, -0.05) is 12.1 Å². The second kappa shape index (κ2) is 2.43. The monoisotopic (exact) mass is 163 g/mol. The molecule has 0 amide bonds. The summed E-state index contributed by atoms with van der Waals surface area (Å²) in [4.78, 5) is 10.5. The Labute approximate surface area is 67.6 Å². The summed E-state index contributed by atoms with van der Waals surface area (Å²) in [5, 5.41) is 2.97. The van der Waals surface area contributed by atoms with E-state index in [1.807, 2.05) is 17.5 Å². The minimum atomic E-state index is 0.670. The first-order valence-corrected chi connectivity index (χ1v) is 4.04. The van der Waals surface area contributed by atoms with Crippen LogP contribution in [0.15, 0.2) is 23.6 Å². The van der Waals surface area contributed by atoms with Crippen LogP contribution >= 0.6 is 11.5 Å². The highest BCUT2D eigenvalue weighted by molar-refractivity contribution is 7.04. The van der Waals surface area contributed by atoms with Gasteiger partial charge in [-0.2, -0.15) is 4.37 Å². The predicted molar refractivity (Wildman–Crippen MR) is 45.0 cm³/mol. The summed E-state index contributed by atoms with van der Waals surface area (Å²) in [6, 6.07) is 5.58. The zero-order chi connectivity index (χ0) is 7.68. The first kappa shape index (κ1) is 6.49. The SMILES string of the molecule is O=Cc1cccc2csnc12. The molecule has 2 nitrogen and oxygen atoms in total. The second-order valence-electron chi connectivity index (χ2n) is 2.22. The van der Waals surface area contributed by atoms with Gasteiger partial charge >= 0.3 is 0 Å². The molecule has 0 fully saturated rings. The van der Waals surface area contributed by atoms with Crippen molar-refractivity contribution < 1.29 is 4.79 Å². The number of rotatable bonds is 1. The zero-order valence-corrected chi connectivity index (χ0v) is 6.47. The molecule has 1 aromatic heterocycles. The van der Waals surface area contributed by atoms with Crippen molar-refractivity contribution in [2.45, 2.75) is 0 Å². The Balaban J connectivity index is 2.88. The number of hydrogen-bond donors (Lipinski definition) is 0. The molecule has 54 valence electrons. The van der Waals surface area contributed by atoms with Crippen LogP contribution in [-0.4, -0.2) is 10.7 Å². The molecule has 2 rings (SSSR count). The number of aldehydes is 1. The molecule has 0 unspecified atom stereocenters. The lowest BCUT2D eigenvalue weighted by Crippen LogP contribution is -1.79. The molecule has 3 heteroatoms. The van der Waals surface area contributed by atoms with Gasteiger partial charge in [0.15, 0.2) is 6.29 Å². The minimum Gasteiger partial charge on any atom is -0.298 e. The van der Waals surface area contributed by atoms with Gasteiger partial charge in [-0.25, -0.2) is 0 Å². The van der Waals surface area contributed by atoms with Gasteiger partial charge in [-0.05, 0) is 17.6 Å². The molecule has 0 saturated heterocycles. The molecule has 0 aliphatic heterocycles. The lowest BCUT2D eigenvalue weighted by atomic mass is 10.2. The van der Waals surface area contributed by atoms with Crippen LogP contribution in [0.3, 0.4) is 0 Å². The normalized spacial score (nSPS) is 10.2. The molecule has 0 radical (unpaired) electrons. The van der Waals surface area contributed by atoms with E-state index in [0.717, 1.165) is 17.2 Å². The molecular weight excluding hydrogens is 158 g/mol. The van der Waals surface area contributed by atoms with Gasteiger partial charge in [0.2, 0.25) is 0 Å². The second-order valence-corrected chi connectivity index (χ2v) is 2.85. The van der Waals surface area contributed by atoms with Crippen molar-refractivity contribution >= 4 is 28.7 Å². The number of aromatic nitrogens is 1. The van der Waals surface area contributed by atoms with Crippen molar-refractivity contribution in [2.24, 2.45) is 0 Å². The van der Waals surface area contributed by atoms with Crippen molar-refractivity contribution in [1.82, 2.24) is 4.37 Å². The Morgan fingerprint density at radius 2 is 2.36 bits per heavy atom. The van der Waals surface area contributed by atoms with Gasteiger partial charge in [-0.15, -0.1) is 0 Å². The van der Waals surface area contributed by atoms with Crippen LogP contribution < -0.4 is 0 Å². The Bertz CT molecular complexity index is 394. The number of fused-ring (bicyclic) bond motifs is 1. The smallest absolute Gasteiger partial charge is 0.152 e. The third kappa shape index (κ3) is 0.935. The highest BCUT2D eigenvalue weighted by Crippen LogP contribution is 2.17. The lowest BCUT2D eigenvalue weighted by molar-refractivity contribution is 0.112. The maximum absolute atomic E-state index is 10.5. The summed E-state index contributed by atoms with van der Waals surface area (Å²) in [5.41, 5.74) is 1.48. The van der Waals surface area contributed by atoms with Crippen molar-refractivity contribution in [3.05, 3.63) is 29.1 Å². The van der Waals surface area contributed by atoms with Crippen LogP contribution in [0.4, 0.5) is 0 Å². The van der Waals surface area contributed by atoms with Gasteiger partial charge in [0.05, 0.1) is 5.52 Å². The zero-order valence-electron chi connectivity index (χ0n) is 5.65. The van der Waals surface area contributed by atoms with Crippen LogP contribution in [-0.2, 0) is 0 Å². The number of hydrogen-bond acceptors (Lipinski definition) is 3. The Morgan fingerprint density at radius 3 is 3.18 bits per heavy atom. The molecule has 0 aliphatic carbocycles. The topological polar surface area (TPSA) is 30.0 Å². The Morgan fingerprint density at radius 1 is 1.45 bits per heavy atom. The van der Waals surface area contributed by atoms with E-state index in [1.54, 1.807) is 6.07 Å². The van der Waals surface area contributed by atoms with E-state index in [1.165, 1.54) is 11.5 Å². The fraction of sp³-hybridized carbons (Fsp3) is 0. The Kier molecular flexibility index (Phi) is 1.43. The van der Waals surface area contributed by atoms with Gasteiger partial charge in [0.25, 0.3) is 0 Å². The van der Waals surface area contributed by atoms with Crippen LogP contribution in [0.5, 0.6) is 0 Å². The number of carbonyl (C=O) groups is 1. The quantitative estimate of drug-likeness (QED) is 0.602. The van der Waals surface area contributed by atoms with Crippen molar-refractivity contribution in [3.8, 4) is 0 Å². The van der Waals surface area contributed by atoms with Crippen molar-refractivity contribution in [2.75, 3.05) is 0 Å². The van der Waals surface area contributed by atoms with E-state index < -0.39 is 0 Å². The van der Waals surface area contributed by atoms with Gasteiger partial charge < -0.3 is 0 Å². The molecule has 11 heavy (non-hydrogen) atoms. The number of carbonyl (C=O) groups excluding carboxylic acids is 1. The standard InChI is InChI=1S/C8H5NOS/c10-4-6-2-1-3-7-5-11-9-8(6)7/h1-5H. The predicted octanol–water partition coefficient (Wildman–Crippen LogP) is 2.11. The van der Waals surface area contributed by atoms with Crippen LogP contribution in [0.1, 0.15) is 10.4 Å². The average molecular weight is 163 g/mol. The minimum absolute atomic E-state index is 0.670. The first-order chi connectivity index (χ1) is 5.42. The first-order valence-electron chi connectivity index (χ1n) is 3.20. The lowest BCUT2D eigenvalue weighted by Gasteiger charge is -1.89. The third-order valence-corrected chi connectivity index (χ3v) is 2.20. The fourth-order valence-corrected chi connectivity index (χ4v) is 1.68. The fourth-order valence-electron chi connectivity index (χ4n) is 1.01. The maximum Gasteiger partial charge on any atom is 0.152 e. The summed E-state index contributed by atoms with van der Waals surface area (Å²) in [7, 11) is 0. The van der Waals surface area contributed by atoms with Crippen LogP contribution in [0.25, 0.3) is 10.9 Å². The van der Waals surface area contributed by atoms with Crippen molar-refractivity contribution in [3.63, 3.8) is 0 Å². The summed E-state index contributed by atoms with van der Waals surface area (Å²) in [5.74, 6) is 0. The average Bonchev–Trinajstić information content (AvgIpc) is 2.50. The summed E-state index contributed by atoms with van der Waals surface area (Å²) < 4.78 is 4.10. The molecule has 1 aromatic carbocycles. The highest BCUT2D eigenvalue weighted by atomic mass is 32.1. The van der Waals surface area contributed by atoms with E-state index in [-0.39, 0.29) is 0 Å². The van der Waals surface area contributed by atoms with E-state index in [2.05, 4.69) is 4.37 Å². The Hall–Kier alpha value is -1.22. The molecule has 1 heterocycles. The molecular formula is C8H5NOS. The molecule has 2 aromatic rings. The molecule has 0 saturated carbocycles. The van der Waals surface area contributed by atoms with E-state index in [0.29, 0.717) is 5.56 Å². The van der Waals surface area contributed by atoms with E-state index in [4.69, 9.17) is 0 Å². The molecule has 0 bridgehead atoms. The van der Waals surface area contributed by atoms with Gasteiger partial charge in [0, 0.05) is 16.3 Å². The summed E-state index contributed by atoms with van der Waals surface area (Å²) in [6.07, 6.45) is 0.835. The van der Waals surface area contributed by atoms with Crippen molar-refractivity contribution in [1.29, 1.82) is 0 Å². The van der Waals surface area contributed by atoms with E-state index in [9.17, 15) is 4.79 Å². The molecule has 0 atom stereocenters. The van der Waals surface area contributed by atoms with Crippen LogP contribution in [0.2, 0.25) is 0 Å². The summed E-state index contributed by atoms with van der Waals surface area (Å²) in [6.45, 7) is 0. The van der Waals surface area contributed by atoms with Crippen LogP contribution in [0, 0.1) is 0 Å². The van der Waals surface area contributed by atoms with Gasteiger partial charge in [-0.3, -0.25) is 4.79 Å². The number of nitrogens with zero attached hydrogens (tertiary/aromatic N) is 1. The summed E-state index contributed by atoms with van der Waals surface area (Å²) >= 11 is 1.37. The molecule has 0 aliphatic rings. The largest absolute Gasteiger partial charge is 0.298 e. The van der Waals surface area contributed by atoms with Gasteiger partial charge in [0.1, 0.15) is 0 Å². The maximum atomic E-state index is 10.5. The highest BCUT2D eigenvalue weighted by Gasteiger charge is 2.00. The van der Waals surface area contributed by atoms with E-state index >= 15 is 0 Å². The molecule has 0 spiro atoms.